The van der Waals surface area contributed by atoms with E-state index in [1.807, 2.05) is 60.4 Å². The summed E-state index contributed by atoms with van der Waals surface area (Å²) in [4.78, 5) is 6.85. The Morgan fingerprint density at radius 2 is 1.56 bits per heavy atom. The fourth-order valence-corrected chi connectivity index (χ4v) is 4.97. The number of hydrogen-bond acceptors (Lipinski definition) is 5. The van der Waals surface area contributed by atoms with Crippen molar-refractivity contribution in [1.29, 1.82) is 0 Å². The van der Waals surface area contributed by atoms with Crippen LogP contribution in [-0.2, 0) is 0 Å². The molecule has 0 fully saturated rings. The molecule has 1 unspecified atom stereocenters. The third kappa shape index (κ3) is 4.50. The van der Waals surface area contributed by atoms with E-state index in [0.29, 0.717) is 16.8 Å². The monoisotopic (exact) mass is 496 g/mol. The first kappa shape index (κ1) is 23.8. The summed E-state index contributed by atoms with van der Waals surface area (Å²) in [5.41, 5.74) is 8.23. The number of aromatic nitrogens is 2. The zero-order valence-corrected chi connectivity index (χ0v) is 21.8. The minimum atomic E-state index is -0.267. The van der Waals surface area contributed by atoms with Gasteiger partial charge in [-0.1, -0.05) is 53.2 Å². The van der Waals surface area contributed by atoms with E-state index in [2.05, 4.69) is 49.4 Å². The predicted octanol–water partition coefficient (Wildman–Crippen LogP) is 6.54. The topological polar surface area (TPSA) is 63.4 Å². The smallest absolute Gasteiger partial charge is 0.258 e. The van der Waals surface area contributed by atoms with Crippen LogP contribution in [0.25, 0.3) is 17.0 Å². The second-order valence-corrected chi connectivity index (χ2v) is 9.51. The predicted molar refractivity (Wildman–Crippen MR) is 147 cm³/mol. The van der Waals surface area contributed by atoms with Crippen LogP contribution >= 0.6 is 12.2 Å². The van der Waals surface area contributed by atoms with Crippen LogP contribution in [0.5, 0.6) is 5.75 Å². The van der Waals surface area contributed by atoms with Gasteiger partial charge in [-0.15, -0.1) is 0 Å². The van der Waals surface area contributed by atoms with E-state index in [0.717, 1.165) is 33.8 Å². The van der Waals surface area contributed by atoms with Gasteiger partial charge < -0.3 is 14.6 Å². The zero-order chi connectivity index (χ0) is 25.4. The van der Waals surface area contributed by atoms with E-state index in [1.165, 1.54) is 16.7 Å². The number of aryl methyl sites for hydroxylation is 3. The summed E-state index contributed by atoms with van der Waals surface area (Å²) in [7, 11) is 1.66. The number of benzene rings is 3. The molecule has 1 aliphatic heterocycles. The van der Waals surface area contributed by atoms with Gasteiger partial charge in [0.15, 0.2) is 5.11 Å². The minimum Gasteiger partial charge on any atom is -0.497 e. The Morgan fingerprint density at radius 1 is 0.889 bits per heavy atom. The van der Waals surface area contributed by atoms with Crippen molar-refractivity contribution < 1.29 is 9.26 Å². The van der Waals surface area contributed by atoms with Gasteiger partial charge >= 0.3 is 0 Å². The Morgan fingerprint density at radius 3 is 2.19 bits per heavy atom. The molecule has 1 N–H and O–H groups in total. The second-order valence-electron chi connectivity index (χ2n) is 9.13. The Hall–Kier alpha value is -3.97. The van der Waals surface area contributed by atoms with Gasteiger partial charge in [-0.2, -0.15) is 4.98 Å². The van der Waals surface area contributed by atoms with Gasteiger partial charge in [0.2, 0.25) is 5.82 Å². The fraction of sp³-hybridized carbons (Fsp3) is 0.207. The summed E-state index contributed by atoms with van der Waals surface area (Å²) in [6.07, 6.45) is 0. The average molecular weight is 497 g/mol. The highest BCUT2D eigenvalue weighted by Crippen LogP contribution is 2.40. The first-order valence-corrected chi connectivity index (χ1v) is 12.2. The zero-order valence-electron chi connectivity index (χ0n) is 21.0. The molecule has 6 nitrogen and oxygen atoms in total. The van der Waals surface area contributed by atoms with Crippen LogP contribution < -0.4 is 15.0 Å². The fourth-order valence-electron chi connectivity index (χ4n) is 4.61. The maximum absolute atomic E-state index is 5.88. The van der Waals surface area contributed by atoms with E-state index in [1.54, 1.807) is 7.11 Å². The second kappa shape index (κ2) is 9.59. The normalized spacial score (nSPS) is 15.8. The van der Waals surface area contributed by atoms with E-state index in [-0.39, 0.29) is 6.04 Å². The number of methoxy groups -OCH3 is 1. The quantitative estimate of drug-likeness (QED) is 0.315. The summed E-state index contributed by atoms with van der Waals surface area (Å²) < 4.78 is 11.2. The van der Waals surface area contributed by atoms with Gasteiger partial charge in [-0.05, 0) is 80.9 Å². The standard InChI is InChI=1S/C29H28N4O2S/c1-17-6-8-22(9-7-17)27-31-28(35-32-27)25-20(4)33(23-15-18(2)14-19(3)16-23)29(36)30-26(25)21-10-12-24(34-5)13-11-21/h6-16,26H,1-5H3,(H,30,36). The molecule has 0 amide bonds. The maximum Gasteiger partial charge on any atom is 0.258 e. The van der Waals surface area contributed by atoms with Gasteiger partial charge in [0.1, 0.15) is 5.75 Å². The molecule has 1 atom stereocenters. The Labute approximate surface area is 216 Å². The Bertz CT molecular complexity index is 1440. The number of thiocarbonyl (C=S) groups is 1. The van der Waals surface area contributed by atoms with Crippen molar-refractivity contribution in [2.24, 2.45) is 0 Å². The number of rotatable bonds is 5. The van der Waals surface area contributed by atoms with Crippen LogP contribution in [0.4, 0.5) is 5.69 Å². The lowest BCUT2D eigenvalue weighted by Crippen LogP contribution is -2.46. The van der Waals surface area contributed by atoms with Crippen LogP contribution in [0.3, 0.4) is 0 Å². The van der Waals surface area contributed by atoms with Crippen molar-refractivity contribution in [3.63, 3.8) is 0 Å². The molecule has 5 rings (SSSR count). The molecule has 36 heavy (non-hydrogen) atoms. The van der Waals surface area contributed by atoms with Crippen molar-refractivity contribution in [2.75, 3.05) is 12.0 Å². The van der Waals surface area contributed by atoms with E-state index >= 15 is 0 Å². The molecule has 2 heterocycles. The van der Waals surface area contributed by atoms with Crippen LogP contribution in [0.2, 0.25) is 0 Å². The molecule has 0 aliphatic carbocycles. The summed E-state index contributed by atoms with van der Waals surface area (Å²) in [6, 6.07) is 22.1. The lowest BCUT2D eigenvalue weighted by molar-refractivity contribution is 0.404. The Balaban J connectivity index is 1.65. The average Bonchev–Trinajstić information content (AvgIpc) is 3.33. The van der Waals surface area contributed by atoms with Gasteiger partial charge in [-0.25, -0.2) is 0 Å². The van der Waals surface area contributed by atoms with Crippen molar-refractivity contribution in [3.8, 4) is 17.1 Å². The molecule has 4 aromatic rings. The molecular weight excluding hydrogens is 468 g/mol. The highest BCUT2D eigenvalue weighted by molar-refractivity contribution is 7.80. The molecule has 0 spiro atoms. The third-order valence-electron chi connectivity index (χ3n) is 6.36. The molecule has 1 aromatic heterocycles. The van der Waals surface area contributed by atoms with Crippen molar-refractivity contribution in [3.05, 3.63) is 101 Å². The number of ether oxygens (including phenoxy) is 1. The molecule has 0 saturated carbocycles. The Kier molecular flexibility index (Phi) is 6.33. The van der Waals surface area contributed by atoms with Gasteiger partial charge in [0.05, 0.1) is 18.7 Å². The molecule has 0 saturated heterocycles. The lowest BCUT2D eigenvalue weighted by Gasteiger charge is -2.37. The number of anilines is 1. The molecule has 1 aliphatic rings. The minimum absolute atomic E-state index is 0.267. The molecular formula is C29H28N4O2S. The van der Waals surface area contributed by atoms with Crippen molar-refractivity contribution >= 4 is 28.6 Å². The number of hydrogen-bond donors (Lipinski definition) is 1. The lowest BCUT2D eigenvalue weighted by atomic mass is 9.94. The van der Waals surface area contributed by atoms with E-state index in [4.69, 9.17) is 26.5 Å². The van der Waals surface area contributed by atoms with Gasteiger partial charge in [-0.3, -0.25) is 4.90 Å². The molecule has 0 radical (unpaired) electrons. The first-order chi connectivity index (χ1) is 17.3. The van der Waals surface area contributed by atoms with Gasteiger partial charge in [0, 0.05) is 16.9 Å². The molecule has 0 bridgehead atoms. The summed E-state index contributed by atoms with van der Waals surface area (Å²) in [6.45, 7) is 8.27. The third-order valence-corrected chi connectivity index (χ3v) is 6.67. The maximum atomic E-state index is 5.88. The van der Waals surface area contributed by atoms with E-state index < -0.39 is 0 Å². The summed E-state index contributed by atoms with van der Waals surface area (Å²) in [5, 5.41) is 8.44. The number of allylic oxidation sites excluding steroid dienone is 1. The molecule has 7 heteroatoms. The molecule has 182 valence electrons. The van der Waals surface area contributed by atoms with Crippen LogP contribution in [0.1, 0.15) is 41.1 Å². The SMILES string of the molecule is COc1ccc(C2NC(=S)N(c3cc(C)cc(C)c3)C(C)=C2c2nc(-c3ccc(C)cc3)no2)cc1. The summed E-state index contributed by atoms with van der Waals surface area (Å²) in [5.74, 6) is 1.79. The number of nitrogens with zero attached hydrogens (tertiary/aromatic N) is 3. The van der Waals surface area contributed by atoms with Crippen molar-refractivity contribution in [1.82, 2.24) is 15.5 Å². The largest absolute Gasteiger partial charge is 0.497 e. The highest BCUT2D eigenvalue weighted by Gasteiger charge is 2.35. The number of nitrogens with one attached hydrogen (secondary N) is 1. The van der Waals surface area contributed by atoms with Crippen LogP contribution in [0.15, 0.2) is 77.0 Å². The summed E-state index contributed by atoms with van der Waals surface area (Å²) >= 11 is 5.88. The van der Waals surface area contributed by atoms with Crippen LogP contribution in [0, 0.1) is 20.8 Å². The molecule has 3 aromatic carbocycles. The van der Waals surface area contributed by atoms with Crippen LogP contribution in [-0.4, -0.2) is 22.4 Å². The van der Waals surface area contributed by atoms with E-state index in [9.17, 15) is 0 Å². The first-order valence-electron chi connectivity index (χ1n) is 11.8. The van der Waals surface area contributed by atoms with Crippen molar-refractivity contribution in [2.45, 2.75) is 33.7 Å². The highest BCUT2D eigenvalue weighted by atomic mass is 32.1. The van der Waals surface area contributed by atoms with Gasteiger partial charge in [0.25, 0.3) is 5.89 Å².